The lowest BCUT2D eigenvalue weighted by atomic mass is 9.92. The van der Waals surface area contributed by atoms with Gasteiger partial charge in [0.15, 0.2) is 0 Å². The summed E-state index contributed by atoms with van der Waals surface area (Å²) >= 11 is 0. The third-order valence-electron chi connectivity index (χ3n) is 4.54. The van der Waals surface area contributed by atoms with Gasteiger partial charge in [-0.15, -0.1) is 0 Å². The van der Waals surface area contributed by atoms with Gasteiger partial charge in [-0.2, -0.15) is 5.10 Å². The second kappa shape index (κ2) is 7.38. The maximum Gasteiger partial charge on any atom is 0.220 e. The number of nitrogens with one attached hydrogen (secondary N) is 1. The molecule has 0 radical (unpaired) electrons. The lowest BCUT2D eigenvalue weighted by Crippen LogP contribution is -2.27. The van der Waals surface area contributed by atoms with Crippen LogP contribution in [0.3, 0.4) is 0 Å². The van der Waals surface area contributed by atoms with Gasteiger partial charge in [-0.1, -0.05) is 39.7 Å². The van der Waals surface area contributed by atoms with Crippen molar-refractivity contribution in [1.29, 1.82) is 0 Å². The molecule has 2 aromatic heterocycles. The van der Waals surface area contributed by atoms with Crippen molar-refractivity contribution in [2.75, 3.05) is 0 Å². The standard InChI is InChI=1S/C20H28N4O/c1-20(2,3)13-19(25)22-14-15-12-18(17-10-6-7-11-21-17)24(23-15)16-8-4-5-9-16/h6-7,10-12,16H,4-5,8-9,13-14H2,1-3H3,(H,22,25). The monoisotopic (exact) mass is 340 g/mol. The largest absolute Gasteiger partial charge is 0.350 e. The first-order valence-electron chi connectivity index (χ1n) is 9.19. The van der Waals surface area contributed by atoms with E-state index in [0.717, 1.165) is 29.9 Å². The topological polar surface area (TPSA) is 59.8 Å². The number of rotatable bonds is 5. The molecule has 1 fully saturated rings. The molecule has 0 saturated heterocycles. The van der Waals surface area contributed by atoms with Crippen LogP contribution in [0.15, 0.2) is 30.5 Å². The number of aromatic nitrogens is 3. The molecule has 1 N–H and O–H groups in total. The first-order valence-corrected chi connectivity index (χ1v) is 9.19. The Balaban J connectivity index is 1.78. The van der Waals surface area contributed by atoms with E-state index in [0.29, 0.717) is 19.0 Å². The van der Waals surface area contributed by atoms with Crippen LogP contribution < -0.4 is 5.32 Å². The minimum atomic E-state index is -0.00753. The highest BCUT2D eigenvalue weighted by Crippen LogP contribution is 2.33. The van der Waals surface area contributed by atoms with Crippen molar-refractivity contribution >= 4 is 5.91 Å². The summed E-state index contributed by atoms with van der Waals surface area (Å²) in [7, 11) is 0. The molecule has 134 valence electrons. The van der Waals surface area contributed by atoms with Gasteiger partial charge < -0.3 is 5.32 Å². The molecule has 0 spiro atoms. The molecule has 0 atom stereocenters. The molecule has 5 heteroatoms. The van der Waals surface area contributed by atoms with Crippen LogP contribution in [0.1, 0.15) is 64.6 Å². The van der Waals surface area contributed by atoms with Crippen molar-refractivity contribution in [3.8, 4) is 11.4 Å². The fourth-order valence-electron chi connectivity index (χ4n) is 3.40. The first-order chi connectivity index (χ1) is 11.9. The first kappa shape index (κ1) is 17.6. The second-order valence-corrected chi connectivity index (χ2v) is 8.13. The highest BCUT2D eigenvalue weighted by molar-refractivity contribution is 5.76. The van der Waals surface area contributed by atoms with Crippen LogP contribution in [-0.2, 0) is 11.3 Å². The second-order valence-electron chi connectivity index (χ2n) is 8.13. The Bertz CT molecular complexity index is 709. The molecule has 3 rings (SSSR count). The summed E-state index contributed by atoms with van der Waals surface area (Å²) in [6, 6.07) is 8.45. The number of carbonyl (C=O) groups is 1. The summed E-state index contributed by atoms with van der Waals surface area (Å²) in [6.45, 7) is 6.68. The molecule has 2 aromatic rings. The molecule has 5 nitrogen and oxygen atoms in total. The Morgan fingerprint density at radius 3 is 2.68 bits per heavy atom. The Morgan fingerprint density at radius 2 is 2.04 bits per heavy atom. The molecule has 25 heavy (non-hydrogen) atoms. The smallest absolute Gasteiger partial charge is 0.220 e. The minimum Gasteiger partial charge on any atom is -0.350 e. The Morgan fingerprint density at radius 1 is 1.28 bits per heavy atom. The van der Waals surface area contributed by atoms with Gasteiger partial charge in [0, 0.05) is 12.6 Å². The number of amides is 1. The van der Waals surface area contributed by atoms with Crippen LogP contribution in [0.4, 0.5) is 0 Å². The van der Waals surface area contributed by atoms with E-state index < -0.39 is 0 Å². The van der Waals surface area contributed by atoms with E-state index in [1.165, 1.54) is 12.8 Å². The Hall–Kier alpha value is -2.17. The van der Waals surface area contributed by atoms with E-state index in [-0.39, 0.29) is 11.3 Å². The van der Waals surface area contributed by atoms with E-state index in [1.54, 1.807) is 0 Å². The van der Waals surface area contributed by atoms with Crippen LogP contribution in [0, 0.1) is 5.41 Å². The Labute approximate surface area is 149 Å². The van der Waals surface area contributed by atoms with Gasteiger partial charge in [0.1, 0.15) is 0 Å². The lowest BCUT2D eigenvalue weighted by molar-refractivity contribution is -0.123. The summed E-state index contributed by atoms with van der Waals surface area (Å²) in [4.78, 5) is 16.6. The maximum absolute atomic E-state index is 12.1. The molecular weight excluding hydrogens is 312 g/mol. The molecule has 0 bridgehead atoms. The van der Waals surface area contributed by atoms with Crippen molar-refractivity contribution in [2.24, 2.45) is 5.41 Å². The summed E-state index contributed by atoms with van der Waals surface area (Å²) in [6.07, 6.45) is 7.16. The lowest BCUT2D eigenvalue weighted by Gasteiger charge is -2.16. The molecule has 1 aliphatic carbocycles. The molecule has 1 amide bonds. The van der Waals surface area contributed by atoms with Crippen molar-refractivity contribution < 1.29 is 4.79 Å². The number of hydrogen-bond donors (Lipinski definition) is 1. The van der Waals surface area contributed by atoms with E-state index >= 15 is 0 Å². The Kier molecular flexibility index (Phi) is 5.21. The van der Waals surface area contributed by atoms with Crippen LogP contribution in [0.25, 0.3) is 11.4 Å². The van der Waals surface area contributed by atoms with Crippen molar-refractivity contribution in [1.82, 2.24) is 20.1 Å². The molecule has 0 unspecified atom stereocenters. The molecular formula is C20H28N4O. The van der Waals surface area contributed by atoms with Gasteiger partial charge in [-0.25, -0.2) is 0 Å². The van der Waals surface area contributed by atoms with Crippen LogP contribution >= 0.6 is 0 Å². The summed E-state index contributed by atoms with van der Waals surface area (Å²) in [5.41, 5.74) is 2.88. The van der Waals surface area contributed by atoms with Crippen molar-refractivity contribution in [3.63, 3.8) is 0 Å². The third-order valence-corrected chi connectivity index (χ3v) is 4.54. The van der Waals surface area contributed by atoms with Gasteiger partial charge >= 0.3 is 0 Å². The van der Waals surface area contributed by atoms with E-state index in [1.807, 2.05) is 24.4 Å². The van der Waals surface area contributed by atoms with Gasteiger partial charge in [-0.05, 0) is 36.5 Å². The van der Waals surface area contributed by atoms with E-state index in [4.69, 9.17) is 5.10 Å². The quantitative estimate of drug-likeness (QED) is 0.891. The van der Waals surface area contributed by atoms with Crippen LogP contribution in [0.2, 0.25) is 0 Å². The number of pyridine rings is 1. The van der Waals surface area contributed by atoms with Gasteiger partial charge in [-0.3, -0.25) is 14.5 Å². The zero-order valence-electron chi connectivity index (χ0n) is 15.5. The predicted octanol–water partition coefficient (Wildman–Crippen LogP) is 4.11. The fourth-order valence-corrected chi connectivity index (χ4v) is 3.40. The molecule has 2 heterocycles. The summed E-state index contributed by atoms with van der Waals surface area (Å²) in [5, 5.41) is 7.80. The zero-order chi connectivity index (χ0) is 17.9. The van der Waals surface area contributed by atoms with E-state index in [9.17, 15) is 4.79 Å². The normalized spacial score (nSPS) is 15.5. The number of hydrogen-bond acceptors (Lipinski definition) is 3. The van der Waals surface area contributed by atoms with Gasteiger partial charge in [0.25, 0.3) is 0 Å². The highest BCUT2D eigenvalue weighted by Gasteiger charge is 2.23. The number of carbonyl (C=O) groups excluding carboxylic acids is 1. The summed E-state index contributed by atoms with van der Waals surface area (Å²) in [5.74, 6) is 0.0716. The minimum absolute atomic E-state index is 0.00753. The average Bonchev–Trinajstić information content (AvgIpc) is 3.21. The average molecular weight is 340 g/mol. The predicted molar refractivity (Wildman–Crippen MR) is 98.9 cm³/mol. The maximum atomic E-state index is 12.1. The van der Waals surface area contributed by atoms with E-state index in [2.05, 4.69) is 41.8 Å². The molecule has 0 aromatic carbocycles. The molecule has 1 aliphatic rings. The molecule has 0 aliphatic heterocycles. The van der Waals surface area contributed by atoms with Crippen molar-refractivity contribution in [2.45, 2.75) is 65.5 Å². The molecule has 1 saturated carbocycles. The highest BCUT2D eigenvalue weighted by atomic mass is 16.1. The third kappa shape index (κ3) is 4.68. The SMILES string of the molecule is CC(C)(C)CC(=O)NCc1cc(-c2ccccn2)n(C2CCCC2)n1. The van der Waals surface area contributed by atoms with Gasteiger partial charge in [0.2, 0.25) is 5.91 Å². The van der Waals surface area contributed by atoms with Crippen LogP contribution in [-0.4, -0.2) is 20.7 Å². The fraction of sp³-hybridized carbons (Fsp3) is 0.550. The van der Waals surface area contributed by atoms with Crippen molar-refractivity contribution in [3.05, 3.63) is 36.2 Å². The van der Waals surface area contributed by atoms with Crippen LogP contribution in [0.5, 0.6) is 0 Å². The van der Waals surface area contributed by atoms with Gasteiger partial charge in [0.05, 0.1) is 29.7 Å². The zero-order valence-corrected chi connectivity index (χ0v) is 15.5. The summed E-state index contributed by atoms with van der Waals surface area (Å²) < 4.78 is 2.13. The number of nitrogens with zero attached hydrogens (tertiary/aromatic N) is 3.